The van der Waals surface area contributed by atoms with Crippen LogP contribution in [0.2, 0.25) is 0 Å². The van der Waals surface area contributed by atoms with Crippen molar-refractivity contribution in [2.24, 2.45) is 0 Å². The number of anilines is 3. The first kappa shape index (κ1) is 26.4. The van der Waals surface area contributed by atoms with E-state index in [1.54, 1.807) is 55.6 Å². The van der Waals surface area contributed by atoms with Crippen LogP contribution in [0.15, 0.2) is 83.5 Å². The zero-order chi connectivity index (χ0) is 27.2. The molecule has 0 saturated carbocycles. The van der Waals surface area contributed by atoms with Gasteiger partial charge in [0.05, 0.1) is 25.0 Å². The Morgan fingerprint density at radius 3 is 2.05 bits per heavy atom. The lowest BCUT2D eigenvalue weighted by atomic mass is 10.2. The van der Waals surface area contributed by atoms with E-state index in [1.165, 1.54) is 24.3 Å². The van der Waals surface area contributed by atoms with Crippen LogP contribution in [-0.4, -0.2) is 37.4 Å². The molecule has 1 aliphatic heterocycles. The molecule has 0 aliphatic carbocycles. The molecule has 38 heavy (non-hydrogen) atoms. The van der Waals surface area contributed by atoms with Crippen molar-refractivity contribution in [2.45, 2.75) is 13.3 Å². The van der Waals surface area contributed by atoms with E-state index in [2.05, 4.69) is 10.6 Å². The topological polar surface area (TPSA) is 114 Å². The van der Waals surface area contributed by atoms with Gasteiger partial charge in [-0.2, -0.15) is 0 Å². The number of ether oxygens (including phenoxy) is 2. The summed E-state index contributed by atoms with van der Waals surface area (Å²) < 4.78 is 10.2. The fraction of sp³-hybridized carbons (Fsp3) is 0.143. The smallest absolute Gasteiger partial charge is 0.338 e. The van der Waals surface area contributed by atoms with Gasteiger partial charge in [0.1, 0.15) is 16.5 Å². The first-order valence-corrected chi connectivity index (χ1v) is 12.1. The third kappa shape index (κ3) is 5.68. The van der Waals surface area contributed by atoms with E-state index < -0.39 is 17.8 Å². The van der Waals surface area contributed by atoms with E-state index >= 15 is 0 Å². The van der Waals surface area contributed by atoms with Gasteiger partial charge in [0.2, 0.25) is 0 Å². The number of hydrogen-bond donors (Lipinski definition) is 2. The molecule has 3 aromatic carbocycles. The van der Waals surface area contributed by atoms with E-state index in [-0.39, 0.29) is 22.3 Å². The molecule has 4 rings (SSSR count). The summed E-state index contributed by atoms with van der Waals surface area (Å²) in [5, 5.41) is 5.38. The van der Waals surface area contributed by atoms with E-state index in [0.29, 0.717) is 41.3 Å². The molecule has 0 aromatic heterocycles. The molecular weight excluding hydrogens is 510 g/mol. The summed E-state index contributed by atoms with van der Waals surface area (Å²) in [6, 6.07) is 19.2. The van der Waals surface area contributed by atoms with Crippen molar-refractivity contribution < 1.29 is 28.7 Å². The number of imide groups is 1. The van der Waals surface area contributed by atoms with Gasteiger partial charge in [-0.25, -0.2) is 9.69 Å². The minimum Gasteiger partial charge on any atom is -0.497 e. The summed E-state index contributed by atoms with van der Waals surface area (Å²) in [6.45, 7) is 2.19. The van der Waals surface area contributed by atoms with Gasteiger partial charge in [0.25, 0.3) is 17.7 Å². The fourth-order valence-electron chi connectivity index (χ4n) is 3.60. The molecule has 1 heterocycles. The maximum Gasteiger partial charge on any atom is 0.338 e. The molecule has 3 amide bonds. The van der Waals surface area contributed by atoms with E-state index in [9.17, 15) is 19.2 Å². The Hall–Kier alpha value is -4.63. The van der Waals surface area contributed by atoms with E-state index in [4.69, 9.17) is 21.1 Å². The normalized spacial score (nSPS) is 13.0. The maximum atomic E-state index is 13.1. The van der Waals surface area contributed by atoms with Crippen molar-refractivity contribution in [3.63, 3.8) is 0 Å². The lowest BCUT2D eigenvalue weighted by Crippen LogP contribution is -2.32. The molecule has 0 unspecified atom stereocenters. The van der Waals surface area contributed by atoms with Crippen molar-refractivity contribution >= 4 is 52.4 Å². The molecule has 0 saturated heterocycles. The standard InChI is InChI=1S/C28H24ClN3O6/c1-3-16-38-28(36)18-6-12-21(13-7-18)32-26(34)23(29)24(27(32)35)30-19-8-4-17(5-9-19)25(33)31-20-10-14-22(37-2)15-11-20/h4-15,30H,3,16H2,1-2H3,(H,31,33). The second-order valence-corrected chi connectivity index (χ2v) is 8.58. The highest BCUT2D eigenvalue weighted by molar-refractivity contribution is 6.53. The number of methoxy groups -OCH3 is 1. The quantitative estimate of drug-likeness (QED) is 0.295. The van der Waals surface area contributed by atoms with Crippen molar-refractivity contribution in [2.75, 3.05) is 29.3 Å². The number of carbonyl (C=O) groups excluding carboxylic acids is 4. The first-order valence-electron chi connectivity index (χ1n) is 11.7. The van der Waals surface area contributed by atoms with Gasteiger partial charge in [-0.05, 0) is 79.2 Å². The lowest BCUT2D eigenvalue weighted by Gasteiger charge is -2.15. The van der Waals surface area contributed by atoms with Crippen LogP contribution in [-0.2, 0) is 14.3 Å². The summed E-state index contributed by atoms with van der Waals surface area (Å²) in [4.78, 5) is 51.3. The van der Waals surface area contributed by atoms with Gasteiger partial charge in [-0.1, -0.05) is 18.5 Å². The molecular formula is C28H24ClN3O6. The first-order chi connectivity index (χ1) is 18.3. The fourth-order valence-corrected chi connectivity index (χ4v) is 3.81. The van der Waals surface area contributed by atoms with Gasteiger partial charge in [0, 0.05) is 16.9 Å². The molecule has 0 atom stereocenters. The number of nitrogens with zero attached hydrogens (tertiary/aromatic N) is 1. The van der Waals surface area contributed by atoms with Gasteiger partial charge >= 0.3 is 5.97 Å². The monoisotopic (exact) mass is 533 g/mol. The summed E-state index contributed by atoms with van der Waals surface area (Å²) in [6.07, 6.45) is 0.695. The summed E-state index contributed by atoms with van der Waals surface area (Å²) in [5.41, 5.74) is 1.91. The predicted octanol–water partition coefficient (Wildman–Crippen LogP) is 4.95. The van der Waals surface area contributed by atoms with Crippen molar-refractivity contribution in [3.8, 4) is 5.75 Å². The molecule has 2 N–H and O–H groups in total. The molecule has 3 aromatic rings. The summed E-state index contributed by atoms with van der Waals surface area (Å²) >= 11 is 6.21. The predicted molar refractivity (Wildman–Crippen MR) is 143 cm³/mol. The molecule has 0 spiro atoms. The molecule has 0 bridgehead atoms. The number of hydrogen-bond acceptors (Lipinski definition) is 7. The van der Waals surface area contributed by atoms with Gasteiger partial charge in [0.15, 0.2) is 0 Å². The highest BCUT2D eigenvalue weighted by Gasteiger charge is 2.39. The largest absolute Gasteiger partial charge is 0.497 e. The molecule has 194 valence electrons. The summed E-state index contributed by atoms with van der Waals surface area (Å²) in [7, 11) is 1.56. The van der Waals surface area contributed by atoms with Crippen LogP contribution in [0.1, 0.15) is 34.1 Å². The van der Waals surface area contributed by atoms with E-state index in [1.807, 2.05) is 6.92 Å². The third-order valence-electron chi connectivity index (χ3n) is 5.59. The van der Waals surface area contributed by atoms with Crippen LogP contribution in [0, 0.1) is 0 Å². The summed E-state index contributed by atoms with van der Waals surface area (Å²) in [5.74, 6) is -1.48. The highest BCUT2D eigenvalue weighted by atomic mass is 35.5. The Kier molecular flexibility index (Phi) is 8.08. The molecule has 10 heteroatoms. The van der Waals surface area contributed by atoms with E-state index in [0.717, 1.165) is 4.90 Å². The minimum atomic E-state index is -0.698. The minimum absolute atomic E-state index is 0.0986. The Bertz CT molecular complexity index is 1400. The molecule has 1 aliphatic rings. The molecule has 9 nitrogen and oxygen atoms in total. The number of rotatable bonds is 9. The zero-order valence-electron chi connectivity index (χ0n) is 20.6. The second kappa shape index (κ2) is 11.6. The number of nitrogens with one attached hydrogen (secondary N) is 2. The van der Waals surface area contributed by atoms with Crippen molar-refractivity contribution in [1.29, 1.82) is 0 Å². The van der Waals surface area contributed by atoms with Crippen LogP contribution >= 0.6 is 11.6 Å². The Morgan fingerprint density at radius 1 is 0.842 bits per heavy atom. The molecule has 0 fully saturated rings. The number of amides is 3. The number of benzene rings is 3. The average Bonchev–Trinajstić information content (AvgIpc) is 3.15. The van der Waals surface area contributed by atoms with Gasteiger partial charge < -0.3 is 20.1 Å². The highest BCUT2D eigenvalue weighted by Crippen LogP contribution is 2.30. The van der Waals surface area contributed by atoms with Crippen molar-refractivity contribution in [1.82, 2.24) is 0 Å². The van der Waals surface area contributed by atoms with Crippen LogP contribution in [0.4, 0.5) is 17.1 Å². The number of halogens is 1. The SMILES string of the molecule is CCCOC(=O)c1ccc(N2C(=O)C(Cl)=C(Nc3ccc(C(=O)Nc4ccc(OC)cc4)cc3)C2=O)cc1. The van der Waals surface area contributed by atoms with Crippen LogP contribution in [0.5, 0.6) is 5.75 Å². The number of carbonyl (C=O) groups is 4. The third-order valence-corrected chi connectivity index (χ3v) is 5.94. The number of esters is 1. The maximum absolute atomic E-state index is 13.1. The van der Waals surface area contributed by atoms with Gasteiger partial charge in [-0.15, -0.1) is 0 Å². The average molecular weight is 534 g/mol. The van der Waals surface area contributed by atoms with Crippen molar-refractivity contribution in [3.05, 3.63) is 94.7 Å². The Balaban J connectivity index is 1.42. The Labute approximate surface area is 224 Å². The van der Waals surface area contributed by atoms with Gasteiger partial charge in [-0.3, -0.25) is 14.4 Å². The molecule has 0 radical (unpaired) electrons. The van der Waals surface area contributed by atoms with Crippen LogP contribution in [0.3, 0.4) is 0 Å². The van der Waals surface area contributed by atoms with Crippen LogP contribution < -0.4 is 20.3 Å². The lowest BCUT2D eigenvalue weighted by molar-refractivity contribution is -0.120. The van der Waals surface area contributed by atoms with Crippen LogP contribution in [0.25, 0.3) is 0 Å². The second-order valence-electron chi connectivity index (χ2n) is 8.20. The Morgan fingerprint density at radius 2 is 1.45 bits per heavy atom. The zero-order valence-corrected chi connectivity index (χ0v) is 21.4.